The highest BCUT2D eigenvalue weighted by Crippen LogP contribution is 2.41. The topological polar surface area (TPSA) is 66.8 Å². The Bertz CT molecular complexity index is 1320. The first kappa shape index (κ1) is 20.4. The van der Waals surface area contributed by atoms with Gasteiger partial charge in [-0.2, -0.15) is 5.10 Å². The number of aryl methyl sites for hydroxylation is 2. The fourth-order valence-corrected chi connectivity index (χ4v) is 4.46. The van der Waals surface area contributed by atoms with E-state index in [4.69, 9.17) is 0 Å². The molecular formula is C24H23F2N5O. The standard InChI is InChI=1S/C24H23F2N5O/c1-3-22(32)19-11-27-20-12-28-23(9-17(19)20)31-6-4-5-14-7-16(15-10-29-30(2)13-15)18(24(25)26)8-21(14)31/h7-13,24,27H,3-6H2,1-2H3. The molecule has 0 saturated carbocycles. The van der Waals surface area contributed by atoms with Crippen LogP contribution in [0, 0.1) is 0 Å². The van der Waals surface area contributed by atoms with Gasteiger partial charge in [-0.05, 0) is 42.2 Å². The van der Waals surface area contributed by atoms with E-state index in [-0.39, 0.29) is 11.3 Å². The Morgan fingerprint density at radius 1 is 1.25 bits per heavy atom. The number of nitrogens with one attached hydrogen (secondary N) is 1. The number of ketones is 1. The first-order valence-corrected chi connectivity index (χ1v) is 10.7. The quantitative estimate of drug-likeness (QED) is 0.416. The zero-order valence-electron chi connectivity index (χ0n) is 17.9. The number of anilines is 2. The molecule has 164 valence electrons. The average molecular weight is 435 g/mol. The molecule has 1 N–H and O–H groups in total. The average Bonchev–Trinajstić information content (AvgIpc) is 3.43. The summed E-state index contributed by atoms with van der Waals surface area (Å²) in [5.74, 6) is 0.700. The highest BCUT2D eigenvalue weighted by Gasteiger charge is 2.25. The lowest BCUT2D eigenvalue weighted by Crippen LogP contribution is -2.25. The normalized spacial score (nSPS) is 13.7. The number of aromatic nitrogens is 4. The van der Waals surface area contributed by atoms with Gasteiger partial charge >= 0.3 is 0 Å². The van der Waals surface area contributed by atoms with Crippen molar-refractivity contribution >= 4 is 28.2 Å². The van der Waals surface area contributed by atoms with Crippen molar-refractivity contribution in [3.63, 3.8) is 0 Å². The van der Waals surface area contributed by atoms with Gasteiger partial charge in [-0.1, -0.05) is 6.92 Å². The molecule has 1 aliphatic rings. The van der Waals surface area contributed by atoms with Gasteiger partial charge in [-0.25, -0.2) is 13.8 Å². The number of halogens is 2. The summed E-state index contributed by atoms with van der Waals surface area (Å²) in [6.07, 6.45) is 6.24. The number of Topliss-reactive ketones (excluding diaryl/α,β-unsaturated/α-hetero) is 1. The van der Waals surface area contributed by atoms with Crippen molar-refractivity contribution in [1.82, 2.24) is 19.7 Å². The van der Waals surface area contributed by atoms with Gasteiger partial charge in [0.25, 0.3) is 6.43 Å². The number of hydrogen-bond donors (Lipinski definition) is 1. The van der Waals surface area contributed by atoms with E-state index in [1.807, 2.05) is 24.0 Å². The van der Waals surface area contributed by atoms with Crippen LogP contribution in [-0.4, -0.2) is 32.1 Å². The molecule has 8 heteroatoms. The molecule has 0 aliphatic carbocycles. The van der Waals surface area contributed by atoms with E-state index in [0.717, 1.165) is 35.0 Å². The minimum atomic E-state index is -2.62. The second-order valence-electron chi connectivity index (χ2n) is 8.09. The summed E-state index contributed by atoms with van der Waals surface area (Å²) in [4.78, 5) is 22.0. The van der Waals surface area contributed by atoms with E-state index in [1.54, 1.807) is 42.6 Å². The Morgan fingerprint density at radius 2 is 2.09 bits per heavy atom. The van der Waals surface area contributed by atoms with E-state index in [0.29, 0.717) is 35.5 Å². The van der Waals surface area contributed by atoms with E-state index in [1.165, 1.54) is 0 Å². The Hall–Kier alpha value is -3.55. The molecule has 0 radical (unpaired) electrons. The highest BCUT2D eigenvalue weighted by molar-refractivity contribution is 6.08. The molecule has 32 heavy (non-hydrogen) atoms. The number of hydrogen-bond acceptors (Lipinski definition) is 4. The number of benzene rings is 1. The van der Waals surface area contributed by atoms with Gasteiger partial charge in [0.1, 0.15) is 5.82 Å². The van der Waals surface area contributed by atoms with E-state index in [2.05, 4.69) is 15.1 Å². The SMILES string of the molecule is CCC(=O)c1c[nH]c2cnc(N3CCCc4cc(-c5cnn(C)c5)c(C(F)F)cc43)cc12. The zero-order valence-corrected chi connectivity index (χ0v) is 17.9. The monoisotopic (exact) mass is 435 g/mol. The highest BCUT2D eigenvalue weighted by atomic mass is 19.3. The van der Waals surface area contributed by atoms with Crippen molar-refractivity contribution in [2.75, 3.05) is 11.4 Å². The minimum absolute atomic E-state index is 0.0202. The van der Waals surface area contributed by atoms with Gasteiger partial charge in [-0.15, -0.1) is 0 Å². The number of rotatable bonds is 5. The molecule has 3 aromatic heterocycles. The van der Waals surface area contributed by atoms with Crippen LogP contribution < -0.4 is 4.90 Å². The lowest BCUT2D eigenvalue weighted by atomic mass is 9.93. The van der Waals surface area contributed by atoms with Crippen molar-refractivity contribution < 1.29 is 13.6 Å². The third-order valence-electron chi connectivity index (χ3n) is 6.07. The van der Waals surface area contributed by atoms with Crippen molar-refractivity contribution in [3.05, 3.63) is 59.7 Å². The first-order valence-electron chi connectivity index (χ1n) is 10.7. The molecule has 1 aliphatic heterocycles. The van der Waals surface area contributed by atoms with E-state index >= 15 is 0 Å². The predicted octanol–water partition coefficient (Wildman–Crippen LogP) is 5.58. The van der Waals surface area contributed by atoms with Gasteiger partial charge in [0.05, 0.1) is 17.9 Å². The maximum absolute atomic E-state index is 14.1. The summed E-state index contributed by atoms with van der Waals surface area (Å²) in [5, 5.41) is 4.94. The van der Waals surface area contributed by atoms with Gasteiger partial charge in [-0.3, -0.25) is 9.48 Å². The fourth-order valence-electron chi connectivity index (χ4n) is 4.46. The predicted molar refractivity (Wildman–Crippen MR) is 120 cm³/mol. The van der Waals surface area contributed by atoms with Crippen LogP contribution in [0.3, 0.4) is 0 Å². The van der Waals surface area contributed by atoms with E-state index < -0.39 is 6.43 Å². The largest absolute Gasteiger partial charge is 0.359 e. The second-order valence-corrected chi connectivity index (χ2v) is 8.09. The van der Waals surface area contributed by atoms with Crippen molar-refractivity contribution in [2.45, 2.75) is 32.6 Å². The van der Waals surface area contributed by atoms with Gasteiger partial charge in [0.15, 0.2) is 5.78 Å². The van der Waals surface area contributed by atoms with Crippen LogP contribution in [0.4, 0.5) is 20.3 Å². The molecule has 0 atom stereocenters. The van der Waals surface area contributed by atoms with Crippen LogP contribution in [0.2, 0.25) is 0 Å². The number of carbonyl (C=O) groups is 1. The lowest BCUT2D eigenvalue weighted by molar-refractivity contribution is 0.0989. The lowest BCUT2D eigenvalue weighted by Gasteiger charge is -2.31. The summed E-state index contributed by atoms with van der Waals surface area (Å²) in [7, 11) is 1.77. The maximum atomic E-state index is 14.1. The molecule has 5 rings (SSSR count). The third kappa shape index (κ3) is 3.36. The molecule has 0 spiro atoms. The molecule has 0 amide bonds. The summed E-state index contributed by atoms with van der Waals surface area (Å²) in [5.41, 5.74) is 4.32. The number of carbonyl (C=O) groups excluding carboxylic acids is 1. The molecule has 0 unspecified atom stereocenters. The molecule has 0 fully saturated rings. The Morgan fingerprint density at radius 3 is 2.81 bits per heavy atom. The molecule has 6 nitrogen and oxygen atoms in total. The summed E-state index contributed by atoms with van der Waals surface area (Å²) >= 11 is 0. The zero-order chi connectivity index (χ0) is 22.4. The van der Waals surface area contributed by atoms with Crippen LogP contribution in [0.5, 0.6) is 0 Å². The van der Waals surface area contributed by atoms with Crippen molar-refractivity contribution in [3.8, 4) is 11.1 Å². The number of fused-ring (bicyclic) bond motifs is 2. The number of nitrogens with zero attached hydrogens (tertiary/aromatic N) is 4. The van der Waals surface area contributed by atoms with Gasteiger partial charge in [0.2, 0.25) is 0 Å². The molecule has 4 heterocycles. The third-order valence-corrected chi connectivity index (χ3v) is 6.07. The van der Waals surface area contributed by atoms with Crippen LogP contribution in [0.25, 0.3) is 22.0 Å². The van der Waals surface area contributed by atoms with Crippen LogP contribution in [0.15, 0.2) is 43.0 Å². The number of pyridine rings is 1. The first-order chi connectivity index (χ1) is 15.5. The van der Waals surface area contributed by atoms with Gasteiger partial charge < -0.3 is 9.88 Å². The Labute approximate surface area is 183 Å². The maximum Gasteiger partial charge on any atom is 0.264 e. The van der Waals surface area contributed by atoms with E-state index in [9.17, 15) is 13.6 Å². The molecule has 0 bridgehead atoms. The number of aromatic amines is 1. The number of alkyl halides is 2. The smallest absolute Gasteiger partial charge is 0.264 e. The molecule has 4 aromatic rings. The molecular weight excluding hydrogens is 412 g/mol. The Kier molecular flexibility index (Phi) is 5.00. The van der Waals surface area contributed by atoms with Crippen molar-refractivity contribution in [2.24, 2.45) is 7.05 Å². The van der Waals surface area contributed by atoms with Crippen molar-refractivity contribution in [1.29, 1.82) is 0 Å². The molecule has 0 saturated heterocycles. The van der Waals surface area contributed by atoms with Crippen LogP contribution in [0.1, 0.15) is 47.7 Å². The Balaban J connectivity index is 1.63. The summed E-state index contributed by atoms with van der Waals surface area (Å²) in [6.45, 7) is 2.50. The minimum Gasteiger partial charge on any atom is -0.359 e. The van der Waals surface area contributed by atoms with Gasteiger partial charge in [0, 0.05) is 60.2 Å². The fraction of sp³-hybridized carbons (Fsp3) is 0.292. The second kappa shape index (κ2) is 7.85. The van der Waals surface area contributed by atoms with Crippen LogP contribution in [-0.2, 0) is 13.5 Å². The summed E-state index contributed by atoms with van der Waals surface area (Å²) in [6, 6.07) is 5.32. The van der Waals surface area contributed by atoms with Crippen LogP contribution >= 0.6 is 0 Å². The molecule has 1 aromatic carbocycles. The number of H-pyrrole nitrogens is 1. The summed E-state index contributed by atoms with van der Waals surface area (Å²) < 4.78 is 29.7.